The van der Waals surface area contributed by atoms with E-state index < -0.39 is 16.4 Å². The molecule has 0 fully saturated rings. The zero-order chi connectivity index (χ0) is 21.6. The van der Waals surface area contributed by atoms with Crippen molar-refractivity contribution in [3.8, 4) is 0 Å². The van der Waals surface area contributed by atoms with E-state index in [1.807, 2.05) is 20.8 Å². The number of para-hydroxylation sites is 1. The van der Waals surface area contributed by atoms with Gasteiger partial charge in [-0.2, -0.15) is 0 Å². The number of Topliss-reactive ketones (excluding diaryl/α,β-unsaturated/α-hetero) is 1. The summed E-state index contributed by atoms with van der Waals surface area (Å²) in [6.45, 7) is 5.97. The number of nitrogens with zero attached hydrogens (tertiary/aromatic N) is 2. The molecule has 1 aliphatic heterocycles. The molecule has 1 aliphatic carbocycles. The van der Waals surface area contributed by atoms with Gasteiger partial charge in [0.05, 0.1) is 16.4 Å². The first-order valence-electron chi connectivity index (χ1n) is 9.75. The number of anilines is 1. The molecule has 9 heteroatoms. The third-order valence-corrected chi connectivity index (χ3v) is 6.18. The Morgan fingerprint density at radius 3 is 2.70 bits per heavy atom. The number of nitrogens with one attached hydrogen (secondary N) is 2. The average Bonchev–Trinajstić information content (AvgIpc) is 2.65. The molecule has 0 bridgehead atoms. The van der Waals surface area contributed by atoms with E-state index in [-0.39, 0.29) is 22.4 Å². The Hall–Kier alpha value is -2.94. The number of fused-ring (bicyclic) bond motifs is 1. The van der Waals surface area contributed by atoms with Crippen LogP contribution >= 0.6 is 11.8 Å². The number of benzene rings is 1. The second-order valence-corrected chi connectivity index (χ2v) is 9.53. The molecule has 8 nitrogen and oxygen atoms in total. The normalized spacial score (nSPS) is 19.7. The average molecular weight is 426 g/mol. The second kappa shape index (κ2) is 7.39. The quantitative estimate of drug-likeness (QED) is 0.328. The number of carbonyl (C=O) groups excluding carboxylic acids is 1. The van der Waals surface area contributed by atoms with Crippen molar-refractivity contribution in [2.45, 2.75) is 44.7 Å². The molecule has 156 valence electrons. The van der Waals surface area contributed by atoms with Gasteiger partial charge in [-0.05, 0) is 17.6 Å². The minimum absolute atomic E-state index is 0.103. The number of nitro groups is 1. The van der Waals surface area contributed by atoms with Crippen LogP contribution in [0.1, 0.15) is 50.7 Å². The molecule has 1 unspecified atom stereocenters. The van der Waals surface area contributed by atoms with Gasteiger partial charge >= 0.3 is 0 Å². The predicted octanol–water partition coefficient (Wildman–Crippen LogP) is 3.99. The van der Waals surface area contributed by atoms with Crippen molar-refractivity contribution in [1.29, 1.82) is 0 Å². The highest BCUT2D eigenvalue weighted by Gasteiger charge is 2.44. The number of carbonyl (C=O) groups is 1. The van der Waals surface area contributed by atoms with Gasteiger partial charge in [-0.25, -0.2) is 4.98 Å². The van der Waals surface area contributed by atoms with Crippen LogP contribution in [0.25, 0.3) is 0 Å². The van der Waals surface area contributed by atoms with Crippen molar-refractivity contribution in [3.63, 3.8) is 0 Å². The number of hydrogen-bond acceptors (Lipinski definition) is 7. The number of aromatic nitrogens is 2. The SMILES string of the molecule is CCSc1nc2c(c(=O)[nH]1)C(c1ccccc1[N+](=O)[O-])C1=C(CC(C)(C)CC1=O)N2. The zero-order valence-electron chi connectivity index (χ0n) is 16.9. The minimum atomic E-state index is -0.835. The lowest BCUT2D eigenvalue weighted by atomic mass is 9.69. The van der Waals surface area contributed by atoms with Gasteiger partial charge in [0.25, 0.3) is 11.2 Å². The molecule has 1 atom stereocenters. The van der Waals surface area contributed by atoms with E-state index in [1.54, 1.807) is 18.2 Å². The topological polar surface area (TPSA) is 118 Å². The molecule has 1 aromatic heterocycles. The molecule has 0 spiro atoms. The summed E-state index contributed by atoms with van der Waals surface area (Å²) in [5, 5.41) is 15.4. The summed E-state index contributed by atoms with van der Waals surface area (Å²) in [4.78, 5) is 44.9. The van der Waals surface area contributed by atoms with Crippen LogP contribution < -0.4 is 10.9 Å². The monoisotopic (exact) mass is 426 g/mol. The molecule has 30 heavy (non-hydrogen) atoms. The zero-order valence-corrected chi connectivity index (χ0v) is 17.8. The van der Waals surface area contributed by atoms with Crippen molar-refractivity contribution in [1.82, 2.24) is 9.97 Å². The minimum Gasteiger partial charge on any atom is -0.343 e. The Kier molecular flexibility index (Phi) is 5.01. The fourth-order valence-corrected chi connectivity index (χ4v) is 4.90. The summed E-state index contributed by atoms with van der Waals surface area (Å²) in [5.41, 5.74) is 0.930. The lowest BCUT2D eigenvalue weighted by molar-refractivity contribution is -0.385. The fourth-order valence-electron chi connectivity index (χ4n) is 4.31. The number of rotatable bonds is 4. The number of nitro benzene ring substituents is 1. The lowest BCUT2D eigenvalue weighted by Gasteiger charge is -2.38. The smallest absolute Gasteiger partial charge is 0.273 e. The maximum absolute atomic E-state index is 13.2. The van der Waals surface area contributed by atoms with E-state index in [9.17, 15) is 19.7 Å². The Morgan fingerprint density at radius 2 is 2.00 bits per heavy atom. The van der Waals surface area contributed by atoms with Crippen molar-refractivity contribution in [2.24, 2.45) is 5.41 Å². The van der Waals surface area contributed by atoms with Gasteiger partial charge < -0.3 is 10.3 Å². The van der Waals surface area contributed by atoms with Crippen LogP contribution in [-0.2, 0) is 4.79 Å². The van der Waals surface area contributed by atoms with Gasteiger partial charge in [-0.3, -0.25) is 19.7 Å². The standard InChI is InChI=1S/C21H22N4O4S/c1-4-30-20-23-18-17(19(27)24-20)15(11-7-5-6-8-13(11)25(28)29)16-12(22-18)9-21(2,3)10-14(16)26/h5-8,15H,4,9-10H2,1-3H3,(H2,22,23,24,27). The molecule has 0 amide bonds. The largest absolute Gasteiger partial charge is 0.343 e. The van der Waals surface area contributed by atoms with Gasteiger partial charge in [0.1, 0.15) is 5.82 Å². The summed E-state index contributed by atoms with van der Waals surface area (Å²) in [7, 11) is 0. The van der Waals surface area contributed by atoms with E-state index in [4.69, 9.17) is 0 Å². The van der Waals surface area contributed by atoms with E-state index >= 15 is 0 Å². The number of allylic oxidation sites excluding steroid dienone is 2. The maximum atomic E-state index is 13.2. The highest BCUT2D eigenvalue weighted by Crippen LogP contribution is 2.49. The van der Waals surface area contributed by atoms with Crippen LogP contribution in [0.2, 0.25) is 0 Å². The number of ketones is 1. The molecule has 0 radical (unpaired) electrons. The molecular formula is C21H22N4O4S. The van der Waals surface area contributed by atoms with Crippen LogP contribution in [0.4, 0.5) is 11.5 Å². The first kappa shape index (κ1) is 20.3. The number of aromatic amines is 1. The Balaban J connectivity index is 2.01. The van der Waals surface area contributed by atoms with Crippen molar-refractivity contribution in [2.75, 3.05) is 11.1 Å². The summed E-state index contributed by atoms with van der Waals surface area (Å²) < 4.78 is 0. The van der Waals surface area contributed by atoms with Crippen LogP contribution in [0.3, 0.4) is 0 Å². The molecule has 0 saturated heterocycles. The number of hydrogen-bond donors (Lipinski definition) is 2. The van der Waals surface area contributed by atoms with Gasteiger partial charge in [0.15, 0.2) is 10.9 Å². The van der Waals surface area contributed by atoms with Crippen LogP contribution in [-0.4, -0.2) is 26.4 Å². The van der Waals surface area contributed by atoms with Crippen molar-refractivity contribution in [3.05, 3.63) is 67.1 Å². The molecule has 2 aliphatic rings. The third kappa shape index (κ3) is 3.43. The molecule has 2 N–H and O–H groups in total. The summed E-state index contributed by atoms with van der Waals surface area (Å²) in [5.74, 6) is 0.156. The van der Waals surface area contributed by atoms with E-state index in [0.717, 1.165) is 5.75 Å². The van der Waals surface area contributed by atoms with Crippen LogP contribution in [0.15, 0.2) is 45.5 Å². The molecular weight excluding hydrogens is 404 g/mol. The molecule has 4 rings (SSSR count). The molecule has 1 aromatic carbocycles. The Labute approximate surface area is 177 Å². The highest BCUT2D eigenvalue weighted by atomic mass is 32.2. The Morgan fingerprint density at radius 1 is 1.27 bits per heavy atom. The first-order chi connectivity index (χ1) is 14.2. The molecule has 2 heterocycles. The van der Waals surface area contributed by atoms with Gasteiger partial charge in [-0.15, -0.1) is 0 Å². The van der Waals surface area contributed by atoms with E-state index in [0.29, 0.717) is 40.6 Å². The van der Waals surface area contributed by atoms with E-state index in [1.165, 1.54) is 17.8 Å². The van der Waals surface area contributed by atoms with Crippen LogP contribution in [0, 0.1) is 15.5 Å². The number of thioether (sulfide) groups is 1. The molecule has 2 aromatic rings. The second-order valence-electron chi connectivity index (χ2n) is 8.27. The predicted molar refractivity (Wildman–Crippen MR) is 115 cm³/mol. The van der Waals surface area contributed by atoms with Crippen LogP contribution in [0.5, 0.6) is 0 Å². The van der Waals surface area contributed by atoms with Crippen molar-refractivity contribution < 1.29 is 9.72 Å². The fraction of sp³-hybridized carbons (Fsp3) is 0.381. The third-order valence-electron chi connectivity index (χ3n) is 5.43. The summed E-state index contributed by atoms with van der Waals surface area (Å²) in [6.07, 6.45) is 0.907. The van der Waals surface area contributed by atoms with Gasteiger partial charge in [0, 0.05) is 29.3 Å². The van der Waals surface area contributed by atoms with Gasteiger partial charge in [-0.1, -0.05) is 50.7 Å². The maximum Gasteiger partial charge on any atom is 0.273 e. The van der Waals surface area contributed by atoms with E-state index in [2.05, 4.69) is 15.3 Å². The summed E-state index contributed by atoms with van der Waals surface area (Å²) in [6, 6.07) is 6.28. The Bertz CT molecular complexity index is 1150. The van der Waals surface area contributed by atoms with Gasteiger partial charge in [0.2, 0.25) is 0 Å². The summed E-state index contributed by atoms with van der Waals surface area (Å²) >= 11 is 1.40. The first-order valence-corrected chi connectivity index (χ1v) is 10.7. The number of H-pyrrole nitrogens is 1. The lowest BCUT2D eigenvalue weighted by Crippen LogP contribution is -2.37. The highest BCUT2D eigenvalue weighted by molar-refractivity contribution is 7.99. The van der Waals surface area contributed by atoms with Crippen molar-refractivity contribution >= 4 is 29.1 Å². The molecule has 0 saturated carbocycles.